The monoisotopic (exact) mass is 486 g/mol. The highest BCUT2D eigenvalue weighted by molar-refractivity contribution is 7.90. The van der Waals surface area contributed by atoms with Gasteiger partial charge in [0.2, 0.25) is 0 Å². The Morgan fingerprint density at radius 1 is 0.971 bits per heavy atom. The van der Waals surface area contributed by atoms with Gasteiger partial charge in [-0.2, -0.15) is 0 Å². The number of carbonyl (C=O) groups excluding carboxylic acids is 1. The van der Waals surface area contributed by atoms with Gasteiger partial charge in [0.1, 0.15) is 22.3 Å². The topological polar surface area (TPSA) is 115 Å². The second kappa shape index (κ2) is 8.60. The molecule has 3 aromatic carbocycles. The summed E-state index contributed by atoms with van der Waals surface area (Å²) in [5.74, 6) is -4.53. The lowest BCUT2D eigenvalue weighted by molar-refractivity contribution is 0.0692. The summed E-state index contributed by atoms with van der Waals surface area (Å²) >= 11 is 0. The molecule has 4 rings (SSSR count). The third-order valence-electron chi connectivity index (χ3n) is 5.07. The summed E-state index contributed by atoms with van der Waals surface area (Å²) in [5, 5.41) is 11.8. The van der Waals surface area contributed by atoms with Crippen molar-refractivity contribution in [2.75, 3.05) is 12.4 Å². The minimum absolute atomic E-state index is 0.213. The summed E-state index contributed by atoms with van der Waals surface area (Å²) < 4.78 is 61.7. The molecule has 0 saturated carbocycles. The van der Waals surface area contributed by atoms with Gasteiger partial charge in [0.25, 0.3) is 15.9 Å². The summed E-state index contributed by atoms with van der Waals surface area (Å²) in [6, 6.07) is 12.3. The van der Waals surface area contributed by atoms with E-state index in [0.29, 0.717) is 9.36 Å². The van der Waals surface area contributed by atoms with Gasteiger partial charge in [-0.25, -0.2) is 26.0 Å². The fourth-order valence-corrected chi connectivity index (χ4v) is 5.01. The van der Waals surface area contributed by atoms with Crippen LogP contribution in [0.5, 0.6) is 5.75 Å². The van der Waals surface area contributed by atoms with Crippen LogP contribution in [0.4, 0.5) is 14.5 Å². The molecule has 0 atom stereocenters. The van der Waals surface area contributed by atoms with E-state index in [9.17, 15) is 31.9 Å². The molecule has 34 heavy (non-hydrogen) atoms. The average molecular weight is 486 g/mol. The smallest absolute Gasteiger partial charge is 0.336 e. The first-order valence-electron chi connectivity index (χ1n) is 9.67. The number of benzene rings is 3. The lowest BCUT2D eigenvalue weighted by atomic mass is 10.1. The number of fused-ring (bicyclic) bond motifs is 1. The number of carbonyl (C=O) groups is 2. The van der Waals surface area contributed by atoms with Crippen LogP contribution in [0.25, 0.3) is 10.9 Å². The minimum atomic E-state index is -4.51. The van der Waals surface area contributed by atoms with Crippen LogP contribution in [0.15, 0.2) is 71.8 Å². The normalized spacial score (nSPS) is 11.4. The highest BCUT2D eigenvalue weighted by atomic mass is 32.2. The van der Waals surface area contributed by atoms with Gasteiger partial charge >= 0.3 is 5.97 Å². The molecule has 4 aromatic rings. The first-order valence-corrected chi connectivity index (χ1v) is 11.1. The second-order valence-electron chi connectivity index (χ2n) is 7.08. The van der Waals surface area contributed by atoms with E-state index in [0.717, 1.165) is 31.5 Å². The number of methoxy groups -OCH3 is 1. The largest absolute Gasteiger partial charge is 0.495 e. The number of nitrogens with one attached hydrogen (secondary N) is 1. The number of hydrogen-bond acceptors (Lipinski definition) is 5. The van der Waals surface area contributed by atoms with Crippen molar-refractivity contribution in [2.45, 2.75) is 4.90 Å². The number of rotatable bonds is 6. The molecule has 0 aliphatic heterocycles. The van der Waals surface area contributed by atoms with Gasteiger partial charge in [0.15, 0.2) is 0 Å². The SMILES string of the molecule is COc1cc(F)c(NC(=O)c2ccccc2C(=O)O)cc1S(=O)(=O)n1ccc2cccc(F)c21. The van der Waals surface area contributed by atoms with Crippen molar-refractivity contribution < 1.29 is 36.6 Å². The van der Waals surface area contributed by atoms with Crippen LogP contribution >= 0.6 is 0 Å². The molecule has 0 fully saturated rings. The minimum Gasteiger partial charge on any atom is -0.495 e. The quantitative estimate of drug-likeness (QED) is 0.424. The van der Waals surface area contributed by atoms with E-state index in [1.165, 1.54) is 42.5 Å². The molecule has 11 heteroatoms. The van der Waals surface area contributed by atoms with Crippen molar-refractivity contribution in [3.63, 3.8) is 0 Å². The predicted octanol–water partition coefficient (Wildman–Crippen LogP) is 4.12. The summed E-state index contributed by atoms with van der Waals surface area (Å²) in [4.78, 5) is 23.5. The van der Waals surface area contributed by atoms with Crippen LogP contribution < -0.4 is 10.1 Å². The summed E-state index contributed by atoms with van der Waals surface area (Å²) in [6.45, 7) is 0. The van der Waals surface area contributed by atoms with Gasteiger partial charge in [-0.3, -0.25) is 4.79 Å². The maximum absolute atomic E-state index is 14.7. The number of aromatic carboxylic acids is 1. The molecule has 1 amide bonds. The Kier molecular flexibility index (Phi) is 5.80. The summed E-state index contributed by atoms with van der Waals surface area (Å²) in [5.41, 5.74) is -1.33. The number of hydrogen-bond donors (Lipinski definition) is 2. The van der Waals surface area contributed by atoms with Crippen LogP contribution in [0, 0.1) is 11.6 Å². The van der Waals surface area contributed by atoms with E-state index in [1.54, 1.807) is 0 Å². The van der Waals surface area contributed by atoms with E-state index >= 15 is 0 Å². The number of nitrogens with zero attached hydrogens (tertiary/aromatic N) is 1. The van der Waals surface area contributed by atoms with Gasteiger partial charge in [0.05, 0.1) is 29.4 Å². The number of amides is 1. The molecule has 0 aliphatic carbocycles. The molecule has 0 radical (unpaired) electrons. The van der Waals surface area contributed by atoms with Gasteiger partial charge in [-0.1, -0.05) is 24.3 Å². The number of halogens is 2. The first-order chi connectivity index (χ1) is 16.1. The fraction of sp³-hybridized carbons (Fsp3) is 0.0435. The molecule has 2 N–H and O–H groups in total. The number of carboxylic acids is 1. The Morgan fingerprint density at radius 3 is 2.35 bits per heavy atom. The zero-order valence-electron chi connectivity index (χ0n) is 17.5. The molecule has 174 valence electrons. The average Bonchev–Trinajstić information content (AvgIpc) is 3.26. The van der Waals surface area contributed by atoms with Crippen molar-refractivity contribution in [1.82, 2.24) is 3.97 Å². The maximum atomic E-state index is 14.7. The fourth-order valence-electron chi connectivity index (χ4n) is 3.48. The molecule has 0 spiro atoms. The lowest BCUT2D eigenvalue weighted by Gasteiger charge is -2.15. The van der Waals surface area contributed by atoms with E-state index < -0.39 is 44.1 Å². The summed E-state index contributed by atoms with van der Waals surface area (Å²) in [7, 11) is -3.38. The van der Waals surface area contributed by atoms with Gasteiger partial charge in [-0.15, -0.1) is 0 Å². The Hall–Kier alpha value is -4.25. The first kappa shape index (κ1) is 22.9. The third-order valence-corrected chi connectivity index (χ3v) is 6.77. The molecular formula is C23H16F2N2O6S. The summed E-state index contributed by atoms with van der Waals surface area (Å²) in [6.07, 6.45) is 1.15. The Bertz CT molecular complexity index is 1560. The maximum Gasteiger partial charge on any atom is 0.336 e. The highest BCUT2D eigenvalue weighted by Gasteiger charge is 2.27. The van der Waals surface area contributed by atoms with E-state index in [1.807, 2.05) is 0 Å². The molecular weight excluding hydrogens is 470 g/mol. The van der Waals surface area contributed by atoms with Crippen molar-refractivity contribution >= 4 is 38.5 Å². The van der Waals surface area contributed by atoms with Crippen molar-refractivity contribution in [2.24, 2.45) is 0 Å². The molecule has 1 heterocycles. The van der Waals surface area contributed by atoms with Crippen molar-refractivity contribution in [3.05, 3.63) is 89.6 Å². The number of para-hydroxylation sites is 1. The van der Waals surface area contributed by atoms with E-state index in [-0.39, 0.29) is 22.4 Å². The number of ether oxygens (including phenoxy) is 1. The van der Waals surface area contributed by atoms with E-state index in [4.69, 9.17) is 4.74 Å². The van der Waals surface area contributed by atoms with Crippen LogP contribution in [-0.4, -0.2) is 36.5 Å². The van der Waals surface area contributed by atoms with Gasteiger partial charge in [-0.05, 0) is 30.3 Å². The van der Waals surface area contributed by atoms with Gasteiger partial charge in [0, 0.05) is 17.6 Å². The van der Waals surface area contributed by atoms with Crippen LogP contribution in [0.3, 0.4) is 0 Å². The van der Waals surface area contributed by atoms with E-state index in [2.05, 4.69) is 5.32 Å². The Balaban J connectivity index is 1.83. The van der Waals surface area contributed by atoms with Crippen molar-refractivity contribution in [3.8, 4) is 5.75 Å². The Labute approximate surface area is 192 Å². The molecule has 0 bridgehead atoms. The number of carboxylic acid groups (broad SMARTS) is 1. The van der Waals surface area contributed by atoms with Crippen LogP contribution in [-0.2, 0) is 10.0 Å². The number of anilines is 1. The van der Waals surface area contributed by atoms with Crippen LogP contribution in [0.1, 0.15) is 20.7 Å². The zero-order valence-corrected chi connectivity index (χ0v) is 18.3. The molecule has 8 nitrogen and oxygen atoms in total. The Morgan fingerprint density at radius 2 is 1.68 bits per heavy atom. The van der Waals surface area contributed by atoms with Crippen LogP contribution in [0.2, 0.25) is 0 Å². The van der Waals surface area contributed by atoms with Crippen molar-refractivity contribution in [1.29, 1.82) is 0 Å². The highest BCUT2D eigenvalue weighted by Crippen LogP contribution is 2.33. The van der Waals surface area contributed by atoms with Gasteiger partial charge < -0.3 is 15.2 Å². The predicted molar refractivity (Wildman–Crippen MR) is 119 cm³/mol. The zero-order chi connectivity index (χ0) is 24.6. The lowest BCUT2D eigenvalue weighted by Crippen LogP contribution is -2.18. The molecule has 0 unspecified atom stereocenters. The molecule has 0 saturated heterocycles. The second-order valence-corrected chi connectivity index (χ2v) is 8.87. The molecule has 1 aromatic heterocycles. The third kappa shape index (κ3) is 3.86. The number of aromatic nitrogens is 1. The molecule has 0 aliphatic rings. The standard InChI is InChI=1S/C23H16F2N2O6S/c1-33-19-11-17(25)18(26-22(28)14-6-2-3-7-15(14)23(29)30)12-20(19)34(31,32)27-10-9-13-5-4-8-16(24)21(13)27/h2-12H,1H3,(H,26,28)(H,29,30).